The number of allylic oxidation sites excluding steroid dienone is 1. The Morgan fingerprint density at radius 3 is 2.48 bits per heavy atom. The minimum Gasteiger partial charge on any atom is -0.294 e. The zero-order valence-electron chi connectivity index (χ0n) is 11.8. The smallest absolute Gasteiger partial charge is 0.162 e. The summed E-state index contributed by atoms with van der Waals surface area (Å²) in [7, 11) is 0. The van der Waals surface area contributed by atoms with E-state index in [0.29, 0.717) is 5.78 Å². The monoisotopic (exact) mass is 296 g/mol. The van der Waals surface area contributed by atoms with Gasteiger partial charge >= 0.3 is 0 Å². The molecule has 0 saturated heterocycles. The molecule has 1 saturated carbocycles. The number of ketones is 1. The lowest BCUT2D eigenvalue weighted by Gasteiger charge is -2.07. The molecule has 0 radical (unpaired) electrons. The van der Waals surface area contributed by atoms with Crippen molar-refractivity contribution in [3.8, 4) is 0 Å². The second-order valence-electron chi connectivity index (χ2n) is 5.51. The molecule has 1 nitrogen and oxygen atoms in total. The molecule has 2 heteroatoms. The van der Waals surface area contributed by atoms with Crippen molar-refractivity contribution < 1.29 is 4.79 Å². The van der Waals surface area contributed by atoms with Gasteiger partial charge in [0, 0.05) is 10.9 Å². The summed E-state index contributed by atoms with van der Waals surface area (Å²) in [6.45, 7) is 0. The molecule has 106 valence electrons. The van der Waals surface area contributed by atoms with Gasteiger partial charge < -0.3 is 0 Å². The highest BCUT2D eigenvalue weighted by atomic mass is 35.5. The first kappa shape index (κ1) is 14.1. The molecule has 0 amide bonds. The number of hydrogen-bond acceptors (Lipinski definition) is 1. The van der Waals surface area contributed by atoms with Crippen molar-refractivity contribution in [3.05, 3.63) is 76.3 Å². The van der Waals surface area contributed by atoms with E-state index >= 15 is 0 Å². The standard InChI is InChI=1S/C19H17ClO/c20-18-10-6-15(7-11-18)13-17-9-8-16(19(17)21)12-14-4-2-1-3-5-14/h1-7,10-12,17H,8-9,13H2/b16-12-. The van der Waals surface area contributed by atoms with Crippen LogP contribution in [0.3, 0.4) is 0 Å². The molecule has 2 aromatic rings. The number of rotatable bonds is 3. The van der Waals surface area contributed by atoms with Crippen molar-refractivity contribution in [1.29, 1.82) is 0 Å². The largest absolute Gasteiger partial charge is 0.294 e. The average molecular weight is 297 g/mol. The molecule has 1 unspecified atom stereocenters. The molecule has 3 rings (SSSR count). The number of benzene rings is 2. The summed E-state index contributed by atoms with van der Waals surface area (Å²) in [5, 5.41) is 0.737. The Morgan fingerprint density at radius 1 is 1.05 bits per heavy atom. The van der Waals surface area contributed by atoms with Gasteiger partial charge in [-0.3, -0.25) is 4.79 Å². The van der Waals surface area contributed by atoms with Gasteiger partial charge in [-0.05, 0) is 54.2 Å². The lowest BCUT2D eigenvalue weighted by atomic mass is 9.96. The van der Waals surface area contributed by atoms with Crippen LogP contribution in [0, 0.1) is 5.92 Å². The van der Waals surface area contributed by atoms with Gasteiger partial charge in [-0.2, -0.15) is 0 Å². The zero-order chi connectivity index (χ0) is 14.7. The molecule has 1 atom stereocenters. The number of Topliss-reactive ketones (excluding diaryl/α,β-unsaturated/α-hetero) is 1. The predicted molar refractivity (Wildman–Crippen MR) is 87.3 cm³/mol. The average Bonchev–Trinajstić information content (AvgIpc) is 2.84. The van der Waals surface area contributed by atoms with Crippen molar-refractivity contribution in [1.82, 2.24) is 0 Å². The highest BCUT2D eigenvalue weighted by Gasteiger charge is 2.29. The third-order valence-electron chi connectivity index (χ3n) is 3.99. The molecule has 1 aliphatic carbocycles. The Morgan fingerprint density at radius 2 is 1.76 bits per heavy atom. The van der Waals surface area contributed by atoms with Crippen LogP contribution in [0.2, 0.25) is 5.02 Å². The highest BCUT2D eigenvalue weighted by Crippen LogP contribution is 2.31. The Labute approximate surface area is 130 Å². The van der Waals surface area contributed by atoms with E-state index in [1.807, 2.05) is 60.7 Å². The normalized spacial score (nSPS) is 20.1. The summed E-state index contributed by atoms with van der Waals surface area (Å²) in [4.78, 5) is 12.5. The Bertz CT molecular complexity index is 656. The summed E-state index contributed by atoms with van der Waals surface area (Å²) in [6.07, 6.45) is 4.67. The van der Waals surface area contributed by atoms with E-state index in [-0.39, 0.29) is 5.92 Å². The van der Waals surface area contributed by atoms with Crippen LogP contribution in [0.5, 0.6) is 0 Å². The maximum atomic E-state index is 12.5. The fourth-order valence-electron chi connectivity index (χ4n) is 2.84. The van der Waals surface area contributed by atoms with E-state index in [9.17, 15) is 4.79 Å². The van der Waals surface area contributed by atoms with Crippen molar-refractivity contribution in [2.24, 2.45) is 5.92 Å². The van der Waals surface area contributed by atoms with E-state index in [0.717, 1.165) is 35.4 Å². The molecular weight excluding hydrogens is 280 g/mol. The van der Waals surface area contributed by atoms with Crippen LogP contribution in [0.4, 0.5) is 0 Å². The summed E-state index contributed by atoms with van der Waals surface area (Å²) in [5.74, 6) is 0.412. The van der Waals surface area contributed by atoms with Gasteiger partial charge in [0.25, 0.3) is 0 Å². The van der Waals surface area contributed by atoms with Crippen LogP contribution in [-0.2, 0) is 11.2 Å². The molecule has 21 heavy (non-hydrogen) atoms. The van der Waals surface area contributed by atoms with Gasteiger partial charge in [-0.25, -0.2) is 0 Å². The molecule has 0 heterocycles. The quantitative estimate of drug-likeness (QED) is 0.733. The summed E-state index contributed by atoms with van der Waals surface area (Å²) in [5.41, 5.74) is 3.24. The minimum absolute atomic E-state index is 0.112. The van der Waals surface area contributed by atoms with Gasteiger partial charge in [0.05, 0.1) is 0 Å². The van der Waals surface area contributed by atoms with Crippen LogP contribution >= 0.6 is 11.6 Å². The first-order chi connectivity index (χ1) is 10.2. The molecule has 0 aromatic heterocycles. The second-order valence-corrected chi connectivity index (χ2v) is 5.95. The molecule has 0 aliphatic heterocycles. The summed E-state index contributed by atoms with van der Waals surface area (Å²) < 4.78 is 0. The third kappa shape index (κ3) is 3.43. The fourth-order valence-corrected chi connectivity index (χ4v) is 2.97. The highest BCUT2D eigenvalue weighted by molar-refractivity contribution is 6.30. The topological polar surface area (TPSA) is 17.1 Å². The summed E-state index contributed by atoms with van der Waals surface area (Å²) >= 11 is 5.89. The van der Waals surface area contributed by atoms with Gasteiger partial charge in [0.15, 0.2) is 5.78 Å². The number of halogens is 1. The zero-order valence-corrected chi connectivity index (χ0v) is 12.5. The van der Waals surface area contributed by atoms with Crippen molar-refractivity contribution in [3.63, 3.8) is 0 Å². The predicted octanol–water partition coefficient (Wildman–Crippen LogP) is 4.95. The SMILES string of the molecule is O=C1/C(=C\c2ccccc2)CCC1Cc1ccc(Cl)cc1. The van der Waals surface area contributed by atoms with Crippen LogP contribution in [0.1, 0.15) is 24.0 Å². The first-order valence-corrected chi connectivity index (χ1v) is 7.64. The lowest BCUT2D eigenvalue weighted by Crippen LogP contribution is -2.10. The van der Waals surface area contributed by atoms with E-state index < -0.39 is 0 Å². The van der Waals surface area contributed by atoms with E-state index in [4.69, 9.17) is 11.6 Å². The van der Waals surface area contributed by atoms with E-state index in [1.54, 1.807) is 0 Å². The van der Waals surface area contributed by atoms with Crippen LogP contribution in [0.25, 0.3) is 6.08 Å². The molecular formula is C19H17ClO. The summed E-state index contributed by atoms with van der Waals surface area (Å²) in [6, 6.07) is 17.8. The van der Waals surface area contributed by atoms with Crippen LogP contribution in [-0.4, -0.2) is 5.78 Å². The first-order valence-electron chi connectivity index (χ1n) is 7.26. The molecule has 0 N–H and O–H groups in total. The van der Waals surface area contributed by atoms with Gasteiger partial charge in [-0.15, -0.1) is 0 Å². The Kier molecular flexibility index (Phi) is 4.21. The van der Waals surface area contributed by atoms with Crippen molar-refractivity contribution in [2.45, 2.75) is 19.3 Å². The third-order valence-corrected chi connectivity index (χ3v) is 4.24. The number of carbonyl (C=O) groups excluding carboxylic acids is 1. The van der Waals surface area contributed by atoms with Crippen LogP contribution < -0.4 is 0 Å². The molecule has 1 aliphatic rings. The van der Waals surface area contributed by atoms with E-state index in [1.165, 1.54) is 5.56 Å². The maximum Gasteiger partial charge on any atom is 0.162 e. The molecule has 2 aromatic carbocycles. The van der Waals surface area contributed by atoms with Gasteiger partial charge in [0.2, 0.25) is 0 Å². The number of carbonyl (C=O) groups is 1. The van der Waals surface area contributed by atoms with Crippen molar-refractivity contribution in [2.75, 3.05) is 0 Å². The second kappa shape index (κ2) is 6.28. The molecule has 0 spiro atoms. The Balaban J connectivity index is 1.72. The maximum absolute atomic E-state index is 12.5. The van der Waals surface area contributed by atoms with Gasteiger partial charge in [0.1, 0.15) is 0 Å². The Hall–Kier alpha value is -1.86. The molecule has 0 bridgehead atoms. The van der Waals surface area contributed by atoms with Crippen LogP contribution in [0.15, 0.2) is 60.2 Å². The van der Waals surface area contributed by atoms with Gasteiger partial charge in [-0.1, -0.05) is 54.1 Å². The number of hydrogen-bond donors (Lipinski definition) is 0. The van der Waals surface area contributed by atoms with Crippen molar-refractivity contribution >= 4 is 23.5 Å². The minimum atomic E-state index is 0.112. The molecule has 1 fully saturated rings. The van der Waals surface area contributed by atoms with E-state index in [2.05, 4.69) is 0 Å². The fraction of sp³-hybridized carbons (Fsp3) is 0.211. The lowest BCUT2D eigenvalue weighted by molar-refractivity contribution is -0.117.